The van der Waals surface area contributed by atoms with Gasteiger partial charge in [0.15, 0.2) is 0 Å². The SMILES string of the molecule is CNC1CCC(CN(C)C2CCCC2)CC1. The molecule has 2 nitrogen and oxygen atoms in total. The van der Waals surface area contributed by atoms with Crippen molar-refractivity contribution in [3.05, 3.63) is 0 Å². The summed E-state index contributed by atoms with van der Waals surface area (Å²) in [6.07, 6.45) is 11.5. The van der Waals surface area contributed by atoms with E-state index in [9.17, 15) is 0 Å². The summed E-state index contributed by atoms with van der Waals surface area (Å²) in [5.41, 5.74) is 0. The van der Waals surface area contributed by atoms with E-state index in [2.05, 4.69) is 24.3 Å². The van der Waals surface area contributed by atoms with Gasteiger partial charge in [0.2, 0.25) is 0 Å². The van der Waals surface area contributed by atoms with E-state index in [1.54, 1.807) is 0 Å². The van der Waals surface area contributed by atoms with E-state index in [-0.39, 0.29) is 0 Å². The molecule has 16 heavy (non-hydrogen) atoms. The van der Waals surface area contributed by atoms with Gasteiger partial charge in [-0.15, -0.1) is 0 Å². The Balaban J connectivity index is 1.69. The molecule has 94 valence electrons. The van der Waals surface area contributed by atoms with Gasteiger partial charge in [0.1, 0.15) is 0 Å². The number of hydrogen-bond acceptors (Lipinski definition) is 2. The third kappa shape index (κ3) is 3.21. The predicted molar refractivity (Wildman–Crippen MR) is 69.7 cm³/mol. The third-order valence-corrected chi connectivity index (χ3v) is 4.75. The van der Waals surface area contributed by atoms with E-state index in [0.717, 1.165) is 18.0 Å². The Hall–Kier alpha value is -0.0800. The maximum absolute atomic E-state index is 3.42. The number of nitrogens with zero attached hydrogens (tertiary/aromatic N) is 1. The summed E-state index contributed by atoms with van der Waals surface area (Å²) in [6.45, 7) is 1.35. The monoisotopic (exact) mass is 224 g/mol. The van der Waals surface area contributed by atoms with Gasteiger partial charge in [-0.25, -0.2) is 0 Å². The third-order valence-electron chi connectivity index (χ3n) is 4.75. The van der Waals surface area contributed by atoms with Gasteiger partial charge < -0.3 is 10.2 Å². The van der Waals surface area contributed by atoms with Crippen molar-refractivity contribution in [2.24, 2.45) is 5.92 Å². The molecule has 2 heteroatoms. The van der Waals surface area contributed by atoms with Crippen molar-refractivity contribution in [3.63, 3.8) is 0 Å². The summed E-state index contributed by atoms with van der Waals surface area (Å²) >= 11 is 0. The molecular weight excluding hydrogens is 196 g/mol. The van der Waals surface area contributed by atoms with E-state index in [4.69, 9.17) is 0 Å². The first-order chi connectivity index (χ1) is 7.79. The van der Waals surface area contributed by atoms with Gasteiger partial charge in [0, 0.05) is 18.6 Å². The Bertz CT molecular complexity index is 191. The molecule has 0 amide bonds. The Labute approximate surface area is 101 Å². The van der Waals surface area contributed by atoms with Crippen LogP contribution in [0.1, 0.15) is 51.4 Å². The molecule has 2 aliphatic rings. The largest absolute Gasteiger partial charge is 0.317 e. The molecule has 0 aliphatic heterocycles. The average molecular weight is 224 g/mol. The van der Waals surface area contributed by atoms with Gasteiger partial charge in [-0.3, -0.25) is 0 Å². The second-order valence-electron chi connectivity index (χ2n) is 5.88. The van der Waals surface area contributed by atoms with Crippen LogP contribution < -0.4 is 5.32 Å². The first-order valence-corrected chi connectivity index (χ1v) is 7.17. The van der Waals surface area contributed by atoms with Crippen LogP contribution in [-0.4, -0.2) is 37.6 Å². The second kappa shape index (κ2) is 6.02. The highest BCUT2D eigenvalue weighted by atomic mass is 15.1. The summed E-state index contributed by atoms with van der Waals surface area (Å²) in [7, 11) is 4.45. The van der Waals surface area contributed by atoms with Crippen molar-refractivity contribution in [2.75, 3.05) is 20.6 Å². The highest BCUT2D eigenvalue weighted by molar-refractivity contribution is 4.81. The normalized spacial score (nSPS) is 32.4. The molecule has 0 unspecified atom stereocenters. The minimum Gasteiger partial charge on any atom is -0.317 e. The van der Waals surface area contributed by atoms with Crippen LogP contribution in [0.4, 0.5) is 0 Å². The predicted octanol–water partition coefficient (Wildman–Crippen LogP) is 2.64. The van der Waals surface area contributed by atoms with Crippen LogP contribution >= 0.6 is 0 Å². The van der Waals surface area contributed by atoms with Crippen LogP contribution in [0.5, 0.6) is 0 Å². The van der Waals surface area contributed by atoms with E-state index in [1.807, 2.05) is 0 Å². The van der Waals surface area contributed by atoms with Crippen LogP contribution in [0.3, 0.4) is 0 Å². The molecule has 2 aliphatic carbocycles. The summed E-state index contributed by atoms with van der Waals surface area (Å²) in [4.78, 5) is 2.65. The van der Waals surface area contributed by atoms with Gasteiger partial charge in [-0.1, -0.05) is 12.8 Å². The van der Waals surface area contributed by atoms with Crippen molar-refractivity contribution in [1.82, 2.24) is 10.2 Å². The zero-order valence-electron chi connectivity index (χ0n) is 11.0. The molecular formula is C14H28N2. The molecule has 0 radical (unpaired) electrons. The second-order valence-corrected chi connectivity index (χ2v) is 5.88. The molecule has 0 spiro atoms. The molecule has 0 aromatic carbocycles. The lowest BCUT2D eigenvalue weighted by molar-refractivity contribution is 0.174. The molecule has 0 aromatic heterocycles. The van der Waals surface area contributed by atoms with Crippen molar-refractivity contribution in [3.8, 4) is 0 Å². The Morgan fingerprint density at radius 1 is 1.00 bits per heavy atom. The van der Waals surface area contributed by atoms with E-state index < -0.39 is 0 Å². The molecule has 1 N–H and O–H groups in total. The summed E-state index contributed by atoms with van der Waals surface area (Å²) < 4.78 is 0. The topological polar surface area (TPSA) is 15.3 Å². The van der Waals surface area contributed by atoms with Crippen molar-refractivity contribution >= 4 is 0 Å². The molecule has 0 atom stereocenters. The van der Waals surface area contributed by atoms with Crippen LogP contribution in [0.2, 0.25) is 0 Å². The van der Waals surface area contributed by atoms with Crippen LogP contribution in [-0.2, 0) is 0 Å². The lowest BCUT2D eigenvalue weighted by Gasteiger charge is -2.33. The smallest absolute Gasteiger partial charge is 0.00923 e. The maximum Gasteiger partial charge on any atom is 0.00923 e. The maximum atomic E-state index is 3.42. The van der Waals surface area contributed by atoms with Gasteiger partial charge in [-0.2, -0.15) is 0 Å². The summed E-state index contributed by atoms with van der Waals surface area (Å²) in [6, 6.07) is 1.70. The Morgan fingerprint density at radius 3 is 2.19 bits per heavy atom. The fourth-order valence-corrected chi connectivity index (χ4v) is 3.54. The molecule has 2 saturated carbocycles. The summed E-state index contributed by atoms with van der Waals surface area (Å²) in [5.74, 6) is 0.968. The molecule has 0 heterocycles. The molecule has 2 rings (SSSR count). The molecule has 2 fully saturated rings. The molecule has 0 saturated heterocycles. The fraction of sp³-hybridized carbons (Fsp3) is 1.00. The van der Waals surface area contributed by atoms with Crippen molar-refractivity contribution in [1.29, 1.82) is 0 Å². The van der Waals surface area contributed by atoms with Gasteiger partial charge >= 0.3 is 0 Å². The van der Waals surface area contributed by atoms with E-state index >= 15 is 0 Å². The van der Waals surface area contributed by atoms with Gasteiger partial charge in [0.25, 0.3) is 0 Å². The average Bonchev–Trinajstić information content (AvgIpc) is 2.83. The van der Waals surface area contributed by atoms with Crippen LogP contribution in [0.15, 0.2) is 0 Å². The van der Waals surface area contributed by atoms with Crippen molar-refractivity contribution in [2.45, 2.75) is 63.5 Å². The number of nitrogens with one attached hydrogen (secondary N) is 1. The van der Waals surface area contributed by atoms with Gasteiger partial charge in [-0.05, 0) is 58.5 Å². The first kappa shape index (κ1) is 12.4. The Kier molecular flexibility index (Phi) is 4.66. The molecule has 0 aromatic rings. The lowest BCUT2D eigenvalue weighted by Crippen LogP contribution is -2.37. The zero-order chi connectivity index (χ0) is 11.4. The number of hydrogen-bond donors (Lipinski definition) is 1. The number of rotatable bonds is 4. The standard InChI is InChI=1S/C14H28N2/c1-15-13-9-7-12(8-10-13)11-16(2)14-5-3-4-6-14/h12-15H,3-11H2,1-2H3. The first-order valence-electron chi connectivity index (χ1n) is 7.17. The zero-order valence-corrected chi connectivity index (χ0v) is 11.0. The lowest BCUT2D eigenvalue weighted by atomic mass is 9.85. The van der Waals surface area contributed by atoms with Crippen molar-refractivity contribution < 1.29 is 0 Å². The fourth-order valence-electron chi connectivity index (χ4n) is 3.54. The minimum atomic E-state index is 0.799. The molecule has 0 bridgehead atoms. The highest BCUT2D eigenvalue weighted by Gasteiger charge is 2.25. The minimum absolute atomic E-state index is 0.799. The van der Waals surface area contributed by atoms with Crippen LogP contribution in [0.25, 0.3) is 0 Å². The summed E-state index contributed by atoms with van der Waals surface area (Å²) in [5, 5.41) is 3.42. The van der Waals surface area contributed by atoms with E-state index in [0.29, 0.717) is 0 Å². The quantitative estimate of drug-likeness (QED) is 0.790. The van der Waals surface area contributed by atoms with Gasteiger partial charge in [0.05, 0.1) is 0 Å². The highest BCUT2D eigenvalue weighted by Crippen LogP contribution is 2.28. The Morgan fingerprint density at radius 2 is 1.62 bits per heavy atom. The van der Waals surface area contributed by atoms with E-state index in [1.165, 1.54) is 57.9 Å². The van der Waals surface area contributed by atoms with Crippen LogP contribution in [0, 0.1) is 5.92 Å².